The van der Waals surface area contributed by atoms with Gasteiger partial charge in [0.25, 0.3) is 13.1 Å². The highest BCUT2D eigenvalue weighted by Gasteiger charge is 2.06. The number of unbranched alkanes of at least 4 members (excludes halogenated alkanes) is 1. The smallest absolute Gasteiger partial charge is 0.299 e. The Morgan fingerprint density at radius 1 is 1.25 bits per heavy atom. The van der Waals surface area contributed by atoms with Gasteiger partial charge in [-0.3, -0.25) is 4.79 Å². The summed E-state index contributed by atoms with van der Waals surface area (Å²) >= 11 is 0. The zero-order valence-electron chi connectivity index (χ0n) is 9.40. The van der Waals surface area contributed by atoms with E-state index in [1.807, 2.05) is 30.3 Å². The van der Waals surface area contributed by atoms with E-state index in [1.54, 1.807) is 0 Å². The monoisotopic (exact) mass is 225 g/mol. The second kappa shape index (κ2) is 10.2. The maximum absolute atomic E-state index is 11.2. The molecule has 0 saturated heterocycles. The standard InChI is InChI=1S/C11H14BO2.2H2O/c1-2-3-9-14-11(13)12-10-7-5-4-6-8-10;;/h4-8H,2-3,9H2,1H3;2*1H2. The molecule has 1 aromatic rings. The highest BCUT2D eigenvalue weighted by molar-refractivity contribution is 6.82. The summed E-state index contributed by atoms with van der Waals surface area (Å²) in [5.41, 5.74) is 0.883. The number of hydrogen-bond acceptors (Lipinski definition) is 2. The van der Waals surface area contributed by atoms with Gasteiger partial charge < -0.3 is 15.7 Å². The molecule has 0 aliphatic carbocycles. The van der Waals surface area contributed by atoms with Crippen LogP contribution in [0, 0.1) is 0 Å². The minimum atomic E-state index is -0.260. The number of ether oxygens (including phenoxy) is 1. The average molecular weight is 225 g/mol. The Kier molecular flexibility index (Phi) is 10.9. The molecule has 0 atom stereocenters. The largest absolute Gasteiger partial charge is 0.474 e. The minimum Gasteiger partial charge on any atom is -0.474 e. The second-order valence-electron chi connectivity index (χ2n) is 3.08. The van der Waals surface area contributed by atoms with E-state index in [1.165, 1.54) is 7.28 Å². The predicted molar refractivity (Wildman–Crippen MR) is 65.3 cm³/mol. The molecule has 0 aromatic heterocycles. The highest BCUT2D eigenvalue weighted by Crippen LogP contribution is 1.90. The Balaban J connectivity index is 0. The Morgan fingerprint density at radius 3 is 2.44 bits per heavy atom. The fourth-order valence-corrected chi connectivity index (χ4v) is 1.04. The Hall–Kier alpha value is -1.33. The summed E-state index contributed by atoms with van der Waals surface area (Å²) in [6, 6.07) is 9.46. The van der Waals surface area contributed by atoms with Crippen LogP contribution in [0.3, 0.4) is 0 Å². The summed E-state index contributed by atoms with van der Waals surface area (Å²) in [5, 5.41) is 0. The third kappa shape index (κ3) is 7.03. The molecule has 0 spiro atoms. The lowest BCUT2D eigenvalue weighted by Crippen LogP contribution is -2.24. The minimum absolute atomic E-state index is 0. The van der Waals surface area contributed by atoms with Crippen molar-refractivity contribution in [1.82, 2.24) is 0 Å². The molecule has 0 fully saturated rings. The molecule has 4 N–H and O–H groups in total. The van der Waals surface area contributed by atoms with Crippen LogP contribution in [0.4, 0.5) is 4.79 Å². The van der Waals surface area contributed by atoms with Gasteiger partial charge in [-0.05, 0) is 6.42 Å². The molecule has 0 amide bonds. The lowest BCUT2D eigenvalue weighted by Gasteiger charge is -2.02. The van der Waals surface area contributed by atoms with E-state index in [0.717, 1.165) is 18.3 Å². The van der Waals surface area contributed by atoms with Crippen molar-refractivity contribution in [1.29, 1.82) is 0 Å². The van der Waals surface area contributed by atoms with Gasteiger partial charge >= 0.3 is 0 Å². The summed E-state index contributed by atoms with van der Waals surface area (Å²) in [7, 11) is 1.51. The summed E-state index contributed by atoms with van der Waals surface area (Å²) in [6.07, 6.45) is 1.97. The van der Waals surface area contributed by atoms with Gasteiger partial charge in [0.05, 0.1) is 6.61 Å². The van der Waals surface area contributed by atoms with Crippen molar-refractivity contribution in [2.75, 3.05) is 6.61 Å². The Labute approximate surface area is 96.5 Å². The average Bonchev–Trinajstić information content (AvgIpc) is 2.20. The molecule has 89 valence electrons. The molecule has 0 heterocycles. The van der Waals surface area contributed by atoms with Crippen LogP contribution in [0.2, 0.25) is 0 Å². The summed E-state index contributed by atoms with van der Waals surface area (Å²) in [5.74, 6) is -0.260. The van der Waals surface area contributed by atoms with E-state index in [-0.39, 0.29) is 16.8 Å². The summed E-state index contributed by atoms with van der Waals surface area (Å²) < 4.78 is 4.99. The second-order valence-corrected chi connectivity index (χ2v) is 3.08. The van der Waals surface area contributed by atoms with Gasteiger partial charge in [0.15, 0.2) is 0 Å². The number of hydrogen-bond donors (Lipinski definition) is 0. The summed E-state index contributed by atoms with van der Waals surface area (Å²) in [4.78, 5) is 11.2. The zero-order valence-corrected chi connectivity index (χ0v) is 9.40. The fraction of sp³-hybridized carbons (Fsp3) is 0.364. The van der Waals surface area contributed by atoms with E-state index < -0.39 is 0 Å². The first-order chi connectivity index (χ1) is 6.83. The van der Waals surface area contributed by atoms with Crippen molar-refractivity contribution in [3.05, 3.63) is 30.3 Å². The van der Waals surface area contributed by atoms with Gasteiger partial charge in [-0.1, -0.05) is 49.1 Å². The Morgan fingerprint density at radius 2 is 1.88 bits per heavy atom. The summed E-state index contributed by atoms with van der Waals surface area (Å²) in [6.45, 7) is 2.58. The number of carbonyl (C=O) groups is 1. The van der Waals surface area contributed by atoms with Crippen LogP contribution < -0.4 is 5.46 Å². The van der Waals surface area contributed by atoms with Gasteiger partial charge in [-0.25, -0.2) is 0 Å². The molecule has 0 unspecified atom stereocenters. The van der Waals surface area contributed by atoms with Gasteiger partial charge in [0, 0.05) is 0 Å². The van der Waals surface area contributed by atoms with Crippen LogP contribution >= 0.6 is 0 Å². The van der Waals surface area contributed by atoms with E-state index >= 15 is 0 Å². The van der Waals surface area contributed by atoms with E-state index in [2.05, 4.69) is 6.92 Å². The first-order valence-corrected chi connectivity index (χ1v) is 4.89. The van der Waals surface area contributed by atoms with Crippen molar-refractivity contribution < 1.29 is 20.5 Å². The lowest BCUT2D eigenvalue weighted by molar-refractivity contribution is 0.171. The van der Waals surface area contributed by atoms with E-state index in [9.17, 15) is 4.79 Å². The van der Waals surface area contributed by atoms with Crippen molar-refractivity contribution in [3.63, 3.8) is 0 Å². The lowest BCUT2D eigenvalue weighted by atomic mass is 9.71. The number of carbonyl (C=O) groups excluding carboxylic acids is 1. The molecule has 5 heteroatoms. The molecule has 1 rings (SSSR count). The van der Waals surface area contributed by atoms with Crippen molar-refractivity contribution in [2.45, 2.75) is 19.8 Å². The molecule has 0 saturated carbocycles. The number of benzene rings is 1. The molecule has 0 aliphatic heterocycles. The Bertz CT molecular complexity index is 277. The zero-order chi connectivity index (χ0) is 10.2. The molecule has 0 bridgehead atoms. The van der Waals surface area contributed by atoms with Crippen molar-refractivity contribution >= 4 is 18.6 Å². The van der Waals surface area contributed by atoms with Crippen LogP contribution in [0.15, 0.2) is 30.3 Å². The number of rotatable bonds is 5. The topological polar surface area (TPSA) is 89.3 Å². The van der Waals surface area contributed by atoms with Crippen LogP contribution in [0.25, 0.3) is 0 Å². The normalized spacial score (nSPS) is 8.31. The molecule has 1 radical (unpaired) electrons. The third-order valence-electron chi connectivity index (χ3n) is 1.83. The third-order valence-corrected chi connectivity index (χ3v) is 1.83. The van der Waals surface area contributed by atoms with Crippen molar-refractivity contribution in [2.24, 2.45) is 0 Å². The first kappa shape index (κ1) is 17.1. The van der Waals surface area contributed by atoms with Gasteiger partial charge in [0.2, 0.25) is 0 Å². The van der Waals surface area contributed by atoms with Crippen molar-refractivity contribution in [3.8, 4) is 0 Å². The molecular weight excluding hydrogens is 207 g/mol. The van der Waals surface area contributed by atoms with Gasteiger partial charge in [-0.2, -0.15) is 0 Å². The first-order valence-electron chi connectivity index (χ1n) is 4.89. The van der Waals surface area contributed by atoms with E-state index in [0.29, 0.717) is 6.61 Å². The SMILES string of the molecule is CCCCOC(=O)[B]c1ccccc1.O.O. The van der Waals surface area contributed by atoms with Gasteiger partial charge in [-0.15, -0.1) is 0 Å². The molecule has 16 heavy (non-hydrogen) atoms. The molecule has 1 aromatic carbocycles. The quantitative estimate of drug-likeness (QED) is 0.532. The fourth-order valence-electron chi connectivity index (χ4n) is 1.04. The predicted octanol–water partition coefficient (Wildman–Crippen LogP) is 0.303. The molecule has 4 nitrogen and oxygen atoms in total. The molecular formula is C11H18BO4. The maximum atomic E-state index is 11.2. The van der Waals surface area contributed by atoms with Gasteiger partial charge in [0.1, 0.15) is 0 Å². The molecule has 0 aliphatic rings. The van der Waals surface area contributed by atoms with Crippen LogP contribution in [0.5, 0.6) is 0 Å². The maximum Gasteiger partial charge on any atom is 0.299 e. The van der Waals surface area contributed by atoms with Crippen LogP contribution in [-0.4, -0.2) is 30.7 Å². The van der Waals surface area contributed by atoms with Crippen LogP contribution in [0.1, 0.15) is 19.8 Å². The van der Waals surface area contributed by atoms with E-state index in [4.69, 9.17) is 4.74 Å². The van der Waals surface area contributed by atoms with Crippen LogP contribution in [-0.2, 0) is 4.74 Å². The highest BCUT2D eigenvalue weighted by atomic mass is 16.5.